The van der Waals surface area contributed by atoms with Crippen LogP contribution in [-0.2, 0) is 7.05 Å². The number of nitrogens with two attached hydrogens (primary N) is 1. The van der Waals surface area contributed by atoms with Gasteiger partial charge in [0.15, 0.2) is 0 Å². The summed E-state index contributed by atoms with van der Waals surface area (Å²) in [5, 5.41) is 4.24. The van der Waals surface area contributed by atoms with Gasteiger partial charge in [0.2, 0.25) is 0 Å². The normalized spacial score (nSPS) is 10.3. The molecule has 0 saturated carbocycles. The third-order valence-corrected chi connectivity index (χ3v) is 2.15. The first-order chi connectivity index (χ1) is 7.22. The number of methoxy groups -OCH3 is 1. The molecule has 0 aliphatic heterocycles. The highest BCUT2D eigenvalue weighted by atomic mass is 16.5. The maximum atomic E-state index is 5.70. The Kier molecular flexibility index (Phi) is 2.29. The van der Waals surface area contributed by atoms with E-state index in [-0.39, 0.29) is 0 Å². The first-order valence-electron chi connectivity index (χ1n) is 4.51. The molecule has 0 bridgehead atoms. The van der Waals surface area contributed by atoms with Gasteiger partial charge in [-0.15, -0.1) is 0 Å². The quantitative estimate of drug-likeness (QED) is 0.794. The van der Waals surface area contributed by atoms with Gasteiger partial charge >= 0.3 is 0 Å². The van der Waals surface area contributed by atoms with Gasteiger partial charge in [0.05, 0.1) is 7.11 Å². The van der Waals surface area contributed by atoms with Crippen LogP contribution in [0.5, 0.6) is 5.75 Å². The number of hydrogen-bond acceptors (Lipinski definition) is 4. The Labute approximate surface area is 87.5 Å². The molecule has 0 radical (unpaired) electrons. The largest absolute Gasteiger partial charge is 0.494 e. The molecule has 0 aromatic carbocycles. The molecule has 2 aromatic rings. The van der Waals surface area contributed by atoms with Gasteiger partial charge in [-0.05, 0) is 12.1 Å². The minimum absolute atomic E-state index is 0.595. The molecule has 5 heteroatoms. The minimum atomic E-state index is 0.595. The van der Waals surface area contributed by atoms with Gasteiger partial charge < -0.3 is 10.5 Å². The average molecular weight is 204 g/mol. The van der Waals surface area contributed by atoms with Crippen molar-refractivity contribution >= 4 is 5.82 Å². The van der Waals surface area contributed by atoms with E-state index in [1.165, 1.54) is 0 Å². The Morgan fingerprint density at radius 2 is 2.27 bits per heavy atom. The molecule has 0 fully saturated rings. The first kappa shape index (κ1) is 9.51. The summed E-state index contributed by atoms with van der Waals surface area (Å²) in [5.74, 6) is 1.29. The molecule has 2 N–H and O–H groups in total. The second-order valence-electron chi connectivity index (χ2n) is 3.13. The summed E-state index contributed by atoms with van der Waals surface area (Å²) in [6.07, 6.45) is 1.70. The van der Waals surface area contributed by atoms with E-state index in [2.05, 4.69) is 10.1 Å². The van der Waals surface area contributed by atoms with Crippen molar-refractivity contribution in [2.75, 3.05) is 12.8 Å². The second kappa shape index (κ2) is 3.61. The minimum Gasteiger partial charge on any atom is -0.494 e. The molecule has 78 valence electrons. The molecule has 0 aliphatic rings. The van der Waals surface area contributed by atoms with Crippen molar-refractivity contribution in [2.24, 2.45) is 7.05 Å². The van der Waals surface area contributed by atoms with Crippen LogP contribution in [0.4, 0.5) is 5.82 Å². The van der Waals surface area contributed by atoms with Gasteiger partial charge in [0, 0.05) is 19.3 Å². The van der Waals surface area contributed by atoms with E-state index in [0.717, 1.165) is 0 Å². The fourth-order valence-corrected chi connectivity index (χ4v) is 1.35. The molecular weight excluding hydrogens is 192 g/mol. The summed E-state index contributed by atoms with van der Waals surface area (Å²) >= 11 is 0. The van der Waals surface area contributed by atoms with E-state index in [0.29, 0.717) is 23.0 Å². The number of anilines is 1. The van der Waals surface area contributed by atoms with Crippen LogP contribution in [0.25, 0.3) is 11.4 Å². The van der Waals surface area contributed by atoms with E-state index < -0.39 is 0 Å². The van der Waals surface area contributed by atoms with Crippen molar-refractivity contribution in [3.63, 3.8) is 0 Å². The number of hydrogen-bond donors (Lipinski definition) is 1. The summed E-state index contributed by atoms with van der Waals surface area (Å²) in [6, 6.07) is 5.42. The number of nitrogen functional groups attached to an aromatic ring is 1. The fraction of sp³-hybridized carbons (Fsp3) is 0.200. The smallest absolute Gasteiger partial charge is 0.146 e. The highest BCUT2D eigenvalue weighted by molar-refractivity contribution is 5.64. The molecule has 15 heavy (non-hydrogen) atoms. The molecule has 0 atom stereocenters. The molecule has 0 amide bonds. The maximum absolute atomic E-state index is 5.70. The van der Waals surface area contributed by atoms with Crippen LogP contribution in [0, 0.1) is 0 Å². The van der Waals surface area contributed by atoms with Crippen LogP contribution >= 0.6 is 0 Å². The third kappa shape index (κ3) is 1.63. The number of pyridine rings is 1. The molecule has 0 aliphatic carbocycles. The van der Waals surface area contributed by atoms with Crippen molar-refractivity contribution in [1.82, 2.24) is 14.8 Å². The van der Waals surface area contributed by atoms with Crippen molar-refractivity contribution in [1.29, 1.82) is 0 Å². The molecule has 2 aromatic heterocycles. The maximum Gasteiger partial charge on any atom is 0.146 e. The predicted octanol–water partition coefficient (Wildman–Crippen LogP) is 1.07. The zero-order valence-electron chi connectivity index (χ0n) is 8.64. The second-order valence-corrected chi connectivity index (χ2v) is 3.13. The Balaban J connectivity index is 2.53. The summed E-state index contributed by atoms with van der Waals surface area (Å²) in [4.78, 5) is 4.22. The van der Waals surface area contributed by atoms with Crippen molar-refractivity contribution in [3.05, 3.63) is 24.4 Å². The Morgan fingerprint density at radius 3 is 2.87 bits per heavy atom. The van der Waals surface area contributed by atoms with Crippen molar-refractivity contribution in [2.45, 2.75) is 0 Å². The van der Waals surface area contributed by atoms with E-state index in [1.807, 2.05) is 12.1 Å². The lowest BCUT2D eigenvalue weighted by Crippen LogP contribution is -1.97. The zero-order chi connectivity index (χ0) is 10.8. The lowest BCUT2D eigenvalue weighted by molar-refractivity contribution is 0.414. The topological polar surface area (TPSA) is 66.0 Å². The van der Waals surface area contributed by atoms with Crippen molar-refractivity contribution < 1.29 is 4.74 Å². The highest BCUT2D eigenvalue weighted by Gasteiger charge is 2.10. The van der Waals surface area contributed by atoms with Crippen LogP contribution in [-0.4, -0.2) is 21.9 Å². The summed E-state index contributed by atoms with van der Waals surface area (Å²) < 4.78 is 6.80. The van der Waals surface area contributed by atoms with Gasteiger partial charge in [-0.2, -0.15) is 5.10 Å². The predicted molar refractivity (Wildman–Crippen MR) is 57.4 cm³/mol. The molecule has 0 saturated heterocycles. The zero-order valence-corrected chi connectivity index (χ0v) is 8.64. The van der Waals surface area contributed by atoms with Crippen LogP contribution < -0.4 is 10.5 Å². The molecule has 0 spiro atoms. The Hall–Kier alpha value is -2.04. The number of ether oxygens (including phenoxy) is 1. The van der Waals surface area contributed by atoms with Crippen LogP contribution in [0.2, 0.25) is 0 Å². The highest BCUT2D eigenvalue weighted by Crippen LogP contribution is 2.26. The summed E-state index contributed by atoms with van der Waals surface area (Å²) in [5.41, 5.74) is 7.12. The summed E-state index contributed by atoms with van der Waals surface area (Å²) in [6.45, 7) is 0. The molecule has 2 rings (SSSR count). The standard InChI is InChI=1S/C10H12N4O/c1-14-9(11)6-7(13-14)10-8(15-2)4-3-5-12-10/h3-6H,11H2,1-2H3. The number of nitrogens with zero attached hydrogens (tertiary/aromatic N) is 3. The third-order valence-electron chi connectivity index (χ3n) is 2.15. The Bertz CT molecular complexity index is 459. The van der Waals surface area contributed by atoms with E-state index in [4.69, 9.17) is 10.5 Å². The molecular formula is C10H12N4O. The van der Waals surface area contributed by atoms with E-state index in [1.54, 1.807) is 31.1 Å². The summed E-state index contributed by atoms with van der Waals surface area (Å²) in [7, 11) is 3.39. The van der Waals surface area contributed by atoms with Crippen LogP contribution in [0.15, 0.2) is 24.4 Å². The number of aromatic nitrogens is 3. The van der Waals surface area contributed by atoms with Gasteiger partial charge in [0.1, 0.15) is 23.0 Å². The lowest BCUT2D eigenvalue weighted by atomic mass is 10.2. The molecule has 2 heterocycles. The fourth-order valence-electron chi connectivity index (χ4n) is 1.35. The van der Waals surface area contributed by atoms with Crippen LogP contribution in [0.3, 0.4) is 0 Å². The molecule has 0 unspecified atom stereocenters. The number of rotatable bonds is 2. The SMILES string of the molecule is COc1cccnc1-c1cc(N)n(C)n1. The van der Waals surface area contributed by atoms with Crippen LogP contribution in [0.1, 0.15) is 0 Å². The average Bonchev–Trinajstić information content (AvgIpc) is 2.59. The van der Waals surface area contributed by atoms with E-state index >= 15 is 0 Å². The van der Waals surface area contributed by atoms with Crippen molar-refractivity contribution in [3.8, 4) is 17.1 Å². The first-order valence-corrected chi connectivity index (χ1v) is 4.51. The van der Waals surface area contributed by atoms with E-state index in [9.17, 15) is 0 Å². The number of aryl methyl sites for hydroxylation is 1. The van der Waals surface area contributed by atoms with Gasteiger partial charge in [-0.25, -0.2) is 0 Å². The van der Waals surface area contributed by atoms with Gasteiger partial charge in [-0.1, -0.05) is 0 Å². The van der Waals surface area contributed by atoms with Gasteiger partial charge in [0.25, 0.3) is 0 Å². The van der Waals surface area contributed by atoms with Gasteiger partial charge in [-0.3, -0.25) is 9.67 Å². The monoisotopic (exact) mass is 204 g/mol. The Morgan fingerprint density at radius 1 is 1.47 bits per heavy atom. The molecule has 5 nitrogen and oxygen atoms in total. The lowest BCUT2D eigenvalue weighted by Gasteiger charge is -2.03.